The van der Waals surface area contributed by atoms with Crippen molar-refractivity contribution >= 4 is 12.2 Å². The van der Waals surface area contributed by atoms with Gasteiger partial charge in [-0.3, -0.25) is 9.59 Å². The van der Waals surface area contributed by atoms with Gasteiger partial charge in [0.15, 0.2) is 6.29 Å². The average Bonchev–Trinajstić information content (AvgIpc) is 2.77. The Balaban J connectivity index is 1.98. The molecule has 92 valence electrons. The molecular formula is C11H16N4O2. The molecule has 1 aliphatic rings. The van der Waals surface area contributed by atoms with Gasteiger partial charge in [-0.25, -0.2) is 4.68 Å². The first kappa shape index (κ1) is 11.8. The summed E-state index contributed by atoms with van der Waals surface area (Å²) in [6, 6.07) is 0.297. The maximum atomic E-state index is 12.0. The van der Waals surface area contributed by atoms with Gasteiger partial charge in [0.2, 0.25) is 5.91 Å². The first-order chi connectivity index (χ1) is 8.20. The number of hydrogen-bond donors (Lipinski definition) is 0. The van der Waals surface area contributed by atoms with E-state index in [-0.39, 0.29) is 18.1 Å². The molecule has 6 heteroatoms. The molecule has 1 aromatic rings. The first-order valence-electron chi connectivity index (χ1n) is 5.85. The fourth-order valence-corrected chi connectivity index (χ4v) is 2.14. The number of rotatable bonds is 3. The van der Waals surface area contributed by atoms with E-state index in [4.69, 9.17) is 0 Å². The van der Waals surface area contributed by atoms with Crippen LogP contribution in [0.25, 0.3) is 0 Å². The lowest BCUT2D eigenvalue weighted by Gasteiger charge is -2.33. The average molecular weight is 236 g/mol. The third-order valence-electron chi connectivity index (χ3n) is 3.10. The van der Waals surface area contributed by atoms with Crippen LogP contribution in [0.5, 0.6) is 0 Å². The lowest BCUT2D eigenvalue weighted by atomic mass is 10.0. The van der Waals surface area contributed by atoms with E-state index in [1.54, 1.807) is 0 Å². The topological polar surface area (TPSA) is 68.1 Å². The summed E-state index contributed by atoms with van der Waals surface area (Å²) in [4.78, 5) is 24.4. The third kappa shape index (κ3) is 2.69. The zero-order chi connectivity index (χ0) is 12.3. The van der Waals surface area contributed by atoms with Crippen LogP contribution in [0.2, 0.25) is 0 Å². The van der Waals surface area contributed by atoms with E-state index >= 15 is 0 Å². The van der Waals surface area contributed by atoms with Crippen LogP contribution in [0, 0.1) is 0 Å². The fourth-order valence-electron chi connectivity index (χ4n) is 2.14. The summed E-state index contributed by atoms with van der Waals surface area (Å²) >= 11 is 0. The third-order valence-corrected chi connectivity index (χ3v) is 3.10. The quantitative estimate of drug-likeness (QED) is 0.716. The maximum absolute atomic E-state index is 12.0. The van der Waals surface area contributed by atoms with Crippen molar-refractivity contribution in [1.82, 2.24) is 19.9 Å². The van der Waals surface area contributed by atoms with Crippen molar-refractivity contribution in [2.45, 2.75) is 38.8 Å². The van der Waals surface area contributed by atoms with Gasteiger partial charge in [0.25, 0.3) is 0 Å². The van der Waals surface area contributed by atoms with Gasteiger partial charge >= 0.3 is 0 Å². The molecule has 1 atom stereocenters. The minimum atomic E-state index is 0.0412. The molecule has 0 saturated carbocycles. The molecule has 2 rings (SSSR count). The number of nitrogens with zero attached hydrogens (tertiary/aromatic N) is 4. The Hall–Kier alpha value is -1.72. The number of aldehydes is 1. The molecule has 0 bridgehead atoms. The van der Waals surface area contributed by atoms with E-state index < -0.39 is 0 Å². The zero-order valence-corrected chi connectivity index (χ0v) is 9.87. The number of carbonyl (C=O) groups excluding carboxylic acids is 2. The lowest BCUT2D eigenvalue weighted by Crippen LogP contribution is -2.43. The van der Waals surface area contributed by atoms with E-state index in [0.717, 1.165) is 19.4 Å². The molecule has 1 unspecified atom stereocenters. The molecule has 2 heterocycles. The summed E-state index contributed by atoms with van der Waals surface area (Å²) in [5.41, 5.74) is 0.254. The van der Waals surface area contributed by atoms with Crippen LogP contribution in [0.15, 0.2) is 6.20 Å². The monoisotopic (exact) mass is 236 g/mol. The molecular weight excluding hydrogens is 220 g/mol. The normalized spacial score (nSPS) is 20.3. The molecule has 17 heavy (non-hydrogen) atoms. The van der Waals surface area contributed by atoms with Gasteiger partial charge < -0.3 is 4.90 Å². The van der Waals surface area contributed by atoms with Crippen molar-refractivity contribution in [1.29, 1.82) is 0 Å². The molecule has 1 aliphatic heterocycles. The molecule has 1 fully saturated rings. The molecule has 0 N–H and O–H groups in total. The highest BCUT2D eigenvalue weighted by atomic mass is 16.2. The number of carbonyl (C=O) groups is 2. The van der Waals surface area contributed by atoms with E-state index in [1.807, 2.05) is 4.90 Å². The minimum absolute atomic E-state index is 0.0412. The number of aromatic nitrogens is 3. The smallest absolute Gasteiger partial charge is 0.244 e. The van der Waals surface area contributed by atoms with Crippen molar-refractivity contribution in [2.75, 3.05) is 6.54 Å². The van der Waals surface area contributed by atoms with Crippen molar-refractivity contribution in [3.8, 4) is 0 Å². The zero-order valence-electron chi connectivity index (χ0n) is 9.87. The molecule has 0 spiro atoms. The van der Waals surface area contributed by atoms with Crippen LogP contribution in [-0.2, 0) is 11.3 Å². The highest BCUT2D eigenvalue weighted by Gasteiger charge is 2.23. The SMILES string of the molecule is CC1CCCCN1C(=O)Cn1cc(C=O)nn1. The van der Waals surface area contributed by atoms with Crippen LogP contribution in [0.3, 0.4) is 0 Å². The van der Waals surface area contributed by atoms with Crippen LogP contribution in [0.4, 0.5) is 0 Å². The Morgan fingerprint density at radius 3 is 3.06 bits per heavy atom. The van der Waals surface area contributed by atoms with Crippen molar-refractivity contribution in [2.24, 2.45) is 0 Å². The van der Waals surface area contributed by atoms with Gasteiger partial charge in [-0.15, -0.1) is 5.10 Å². The molecule has 0 aromatic carbocycles. The number of hydrogen-bond acceptors (Lipinski definition) is 4. The summed E-state index contributed by atoms with van der Waals surface area (Å²) < 4.78 is 1.41. The summed E-state index contributed by atoms with van der Waals surface area (Å²) in [6.45, 7) is 3.04. The first-order valence-corrected chi connectivity index (χ1v) is 5.85. The molecule has 0 radical (unpaired) electrons. The Kier molecular flexibility index (Phi) is 3.51. The van der Waals surface area contributed by atoms with Gasteiger partial charge in [0.1, 0.15) is 12.2 Å². The van der Waals surface area contributed by atoms with Crippen molar-refractivity contribution < 1.29 is 9.59 Å². The second-order valence-corrected chi connectivity index (χ2v) is 4.39. The molecule has 1 saturated heterocycles. The van der Waals surface area contributed by atoms with E-state index in [2.05, 4.69) is 17.2 Å². The molecule has 1 aromatic heterocycles. The lowest BCUT2D eigenvalue weighted by molar-refractivity contribution is -0.135. The molecule has 0 aliphatic carbocycles. The van der Waals surface area contributed by atoms with E-state index in [1.165, 1.54) is 17.3 Å². The number of amides is 1. The molecule has 1 amide bonds. The van der Waals surface area contributed by atoms with Crippen molar-refractivity contribution in [3.05, 3.63) is 11.9 Å². The maximum Gasteiger partial charge on any atom is 0.244 e. The van der Waals surface area contributed by atoms with Crippen LogP contribution >= 0.6 is 0 Å². The summed E-state index contributed by atoms with van der Waals surface area (Å²) in [5.74, 6) is 0.0412. The summed E-state index contributed by atoms with van der Waals surface area (Å²) in [7, 11) is 0. The van der Waals surface area contributed by atoms with Gasteiger partial charge in [-0.1, -0.05) is 5.21 Å². The Bertz CT molecular complexity index is 415. The minimum Gasteiger partial charge on any atom is -0.338 e. The van der Waals surface area contributed by atoms with E-state index in [0.29, 0.717) is 12.3 Å². The van der Waals surface area contributed by atoms with Gasteiger partial charge in [0, 0.05) is 12.6 Å². The van der Waals surface area contributed by atoms with Gasteiger partial charge in [0.05, 0.1) is 6.20 Å². The predicted molar refractivity (Wildman–Crippen MR) is 60.4 cm³/mol. The fraction of sp³-hybridized carbons (Fsp3) is 0.636. The predicted octanol–water partition coefficient (Wildman–Crippen LogP) is 0.492. The summed E-state index contributed by atoms with van der Waals surface area (Å²) in [5, 5.41) is 7.36. The Morgan fingerprint density at radius 1 is 1.59 bits per heavy atom. The molecule has 6 nitrogen and oxygen atoms in total. The highest BCUT2D eigenvalue weighted by Crippen LogP contribution is 2.16. The van der Waals surface area contributed by atoms with Gasteiger partial charge in [-0.2, -0.15) is 0 Å². The largest absolute Gasteiger partial charge is 0.338 e. The number of piperidine rings is 1. The highest BCUT2D eigenvalue weighted by molar-refractivity contribution is 5.76. The van der Waals surface area contributed by atoms with Crippen LogP contribution in [-0.4, -0.2) is 44.7 Å². The Labute approximate surface area is 99.6 Å². The van der Waals surface area contributed by atoms with Crippen molar-refractivity contribution in [3.63, 3.8) is 0 Å². The number of likely N-dealkylation sites (tertiary alicyclic amines) is 1. The second-order valence-electron chi connectivity index (χ2n) is 4.39. The van der Waals surface area contributed by atoms with E-state index in [9.17, 15) is 9.59 Å². The van der Waals surface area contributed by atoms with Crippen LogP contribution < -0.4 is 0 Å². The van der Waals surface area contributed by atoms with Crippen LogP contribution in [0.1, 0.15) is 36.7 Å². The second kappa shape index (κ2) is 5.07. The van der Waals surface area contributed by atoms with Gasteiger partial charge in [-0.05, 0) is 26.2 Å². The standard InChI is InChI=1S/C11H16N4O2/c1-9-4-2-3-5-15(9)11(17)7-14-6-10(8-16)12-13-14/h6,8-9H,2-5,7H2,1H3. The Morgan fingerprint density at radius 2 is 2.41 bits per heavy atom. The summed E-state index contributed by atoms with van der Waals surface area (Å²) in [6.07, 6.45) is 5.41.